The van der Waals surface area contributed by atoms with Gasteiger partial charge in [-0.15, -0.1) is 0 Å². The number of aromatic amines is 1. The maximum atomic E-state index is 11.7. The highest BCUT2D eigenvalue weighted by Gasteiger charge is 2.26. The SMILES string of the molecule is O=c1[nH]c(C2CC2)nc2cc(Cl)ccc12. The first kappa shape index (κ1) is 8.92. The van der Waals surface area contributed by atoms with E-state index in [1.165, 1.54) is 0 Å². The third-order valence-corrected chi connectivity index (χ3v) is 2.89. The zero-order chi connectivity index (χ0) is 10.4. The summed E-state index contributed by atoms with van der Waals surface area (Å²) in [6.45, 7) is 0. The Morgan fingerprint density at radius 1 is 1.40 bits per heavy atom. The molecule has 1 aliphatic rings. The van der Waals surface area contributed by atoms with Crippen molar-refractivity contribution in [2.45, 2.75) is 18.8 Å². The van der Waals surface area contributed by atoms with Gasteiger partial charge in [0.15, 0.2) is 0 Å². The zero-order valence-electron chi connectivity index (χ0n) is 7.96. The molecule has 1 aromatic heterocycles. The van der Waals surface area contributed by atoms with E-state index in [-0.39, 0.29) is 5.56 Å². The molecule has 0 radical (unpaired) electrons. The van der Waals surface area contributed by atoms with Gasteiger partial charge in [-0.2, -0.15) is 0 Å². The number of aromatic nitrogens is 2. The van der Waals surface area contributed by atoms with E-state index in [2.05, 4.69) is 9.97 Å². The standard InChI is InChI=1S/C11H9ClN2O/c12-7-3-4-8-9(5-7)13-10(6-1-2-6)14-11(8)15/h3-6H,1-2H2,(H,13,14,15). The van der Waals surface area contributed by atoms with Crippen LogP contribution in [0.15, 0.2) is 23.0 Å². The van der Waals surface area contributed by atoms with E-state index in [9.17, 15) is 4.79 Å². The molecule has 4 heteroatoms. The predicted molar refractivity (Wildman–Crippen MR) is 59.3 cm³/mol. The van der Waals surface area contributed by atoms with Crippen molar-refractivity contribution in [1.29, 1.82) is 0 Å². The van der Waals surface area contributed by atoms with E-state index >= 15 is 0 Å². The van der Waals surface area contributed by atoms with E-state index < -0.39 is 0 Å². The number of H-pyrrole nitrogens is 1. The van der Waals surface area contributed by atoms with Crippen molar-refractivity contribution in [3.8, 4) is 0 Å². The van der Waals surface area contributed by atoms with Crippen LogP contribution in [-0.4, -0.2) is 9.97 Å². The minimum atomic E-state index is -0.0708. The minimum Gasteiger partial charge on any atom is -0.310 e. The number of halogens is 1. The van der Waals surface area contributed by atoms with Crippen molar-refractivity contribution >= 4 is 22.5 Å². The van der Waals surface area contributed by atoms with Gasteiger partial charge in [-0.25, -0.2) is 4.98 Å². The summed E-state index contributed by atoms with van der Waals surface area (Å²) in [5, 5.41) is 1.21. The fourth-order valence-electron chi connectivity index (χ4n) is 1.68. The predicted octanol–water partition coefficient (Wildman–Crippen LogP) is 2.45. The molecule has 3 nitrogen and oxygen atoms in total. The van der Waals surface area contributed by atoms with Gasteiger partial charge >= 0.3 is 0 Å². The van der Waals surface area contributed by atoms with Crippen molar-refractivity contribution in [3.63, 3.8) is 0 Å². The Hall–Kier alpha value is -1.35. The first-order valence-electron chi connectivity index (χ1n) is 4.93. The molecule has 15 heavy (non-hydrogen) atoms. The van der Waals surface area contributed by atoms with Crippen LogP contribution in [0.25, 0.3) is 10.9 Å². The number of rotatable bonds is 1. The third kappa shape index (κ3) is 1.53. The number of benzene rings is 1. The van der Waals surface area contributed by atoms with Crippen molar-refractivity contribution in [2.75, 3.05) is 0 Å². The van der Waals surface area contributed by atoms with Crippen LogP contribution in [0.1, 0.15) is 24.6 Å². The third-order valence-electron chi connectivity index (χ3n) is 2.65. The minimum absolute atomic E-state index is 0.0708. The lowest BCUT2D eigenvalue weighted by atomic mass is 10.2. The van der Waals surface area contributed by atoms with Crippen LogP contribution in [0.5, 0.6) is 0 Å². The van der Waals surface area contributed by atoms with Crippen molar-refractivity contribution in [3.05, 3.63) is 39.4 Å². The summed E-state index contributed by atoms with van der Waals surface area (Å²) < 4.78 is 0. The molecule has 0 saturated heterocycles. The second-order valence-electron chi connectivity index (χ2n) is 3.89. The first-order valence-corrected chi connectivity index (χ1v) is 5.31. The Bertz CT molecular complexity index is 587. The van der Waals surface area contributed by atoms with Gasteiger partial charge in [0.1, 0.15) is 5.82 Å². The molecule has 2 aromatic rings. The molecule has 3 rings (SSSR count). The lowest BCUT2D eigenvalue weighted by Crippen LogP contribution is -2.11. The maximum absolute atomic E-state index is 11.7. The molecule has 0 aliphatic heterocycles. The molecule has 76 valence electrons. The summed E-state index contributed by atoms with van der Waals surface area (Å²) in [5.41, 5.74) is 0.617. The number of hydrogen-bond donors (Lipinski definition) is 1. The summed E-state index contributed by atoms with van der Waals surface area (Å²) >= 11 is 5.87. The zero-order valence-corrected chi connectivity index (χ0v) is 8.71. The Kier molecular flexibility index (Phi) is 1.83. The largest absolute Gasteiger partial charge is 0.310 e. The second-order valence-corrected chi connectivity index (χ2v) is 4.32. The average Bonchev–Trinajstić information content (AvgIpc) is 2.99. The molecule has 1 aromatic carbocycles. The Balaban J connectivity index is 2.32. The van der Waals surface area contributed by atoms with E-state index in [0.29, 0.717) is 21.8 Å². The van der Waals surface area contributed by atoms with Crippen LogP contribution in [0, 0.1) is 0 Å². The summed E-state index contributed by atoms with van der Waals surface area (Å²) in [6, 6.07) is 5.15. The van der Waals surface area contributed by atoms with Gasteiger partial charge in [-0.1, -0.05) is 11.6 Å². The van der Waals surface area contributed by atoms with Crippen LogP contribution in [0.4, 0.5) is 0 Å². The Morgan fingerprint density at radius 2 is 2.20 bits per heavy atom. The molecular weight excluding hydrogens is 212 g/mol. The van der Waals surface area contributed by atoms with Gasteiger partial charge < -0.3 is 4.98 Å². The highest BCUT2D eigenvalue weighted by atomic mass is 35.5. The maximum Gasteiger partial charge on any atom is 0.258 e. The van der Waals surface area contributed by atoms with E-state index in [4.69, 9.17) is 11.6 Å². The Labute approximate surface area is 91.1 Å². The summed E-state index contributed by atoms with van der Waals surface area (Å²) in [5.74, 6) is 1.25. The molecule has 1 aliphatic carbocycles. The number of nitrogens with zero attached hydrogens (tertiary/aromatic N) is 1. The number of nitrogens with one attached hydrogen (secondary N) is 1. The van der Waals surface area contributed by atoms with Gasteiger partial charge in [0, 0.05) is 10.9 Å². The molecule has 1 heterocycles. The fraction of sp³-hybridized carbons (Fsp3) is 0.273. The topological polar surface area (TPSA) is 45.8 Å². The van der Waals surface area contributed by atoms with Crippen molar-refractivity contribution in [2.24, 2.45) is 0 Å². The van der Waals surface area contributed by atoms with Crippen molar-refractivity contribution < 1.29 is 0 Å². The quantitative estimate of drug-likeness (QED) is 0.803. The van der Waals surface area contributed by atoms with Crippen LogP contribution in [0.3, 0.4) is 0 Å². The molecule has 0 unspecified atom stereocenters. The molecule has 1 N–H and O–H groups in total. The molecular formula is C11H9ClN2O. The Morgan fingerprint density at radius 3 is 2.93 bits per heavy atom. The smallest absolute Gasteiger partial charge is 0.258 e. The lowest BCUT2D eigenvalue weighted by Gasteiger charge is -2.01. The summed E-state index contributed by atoms with van der Waals surface area (Å²) in [6.07, 6.45) is 2.24. The monoisotopic (exact) mass is 220 g/mol. The number of hydrogen-bond acceptors (Lipinski definition) is 2. The molecule has 0 atom stereocenters. The highest BCUT2D eigenvalue weighted by molar-refractivity contribution is 6.31. The highest BCUT2D eigenvalue weighted by Crippen LogP contribution is 2.37. The fourth-order valence-corrected chi connectivity index (χ4v) is 1.85. The van der Waals surface area contributed by atoms with Crippen LogP contribution < -0.4 is 5.56 Å². The van der Waals surface area contributed by atoms with Crippen LogP contribution >= 0.6 is 11.6 Å². The molecule has 0 bridgehead atoms. The van der Waals surface area contributed by atoms with Gasteiger partial charge in [-0.3, -0.25) is 4.79 Å². The normalized spacial score (nSPS) is 15.8. The van der Waals surface area contributed by atoms with Crippen LogP contribution in [-0.2, 0) is 0 Å². The van der Waals surface area contributed by atoms with E-state index in [1.54, 1.807) is 18.2 Å². The lowest BCUT2D eigenvalue weighted by molar-refractivity contribution is 0.931. The molecule has 1 saturated carbocycles. The van der Waals surface area contributed by atoms with Gasteiger partial charge in [0.2, 0.25) is 0 Å². The van der Waals surface area contributed by atoms with E-state index in [1.807, 2.05) is 0 Å². The summed E-state index contributed by atoms with van der Waals surface area (Å²) in [7, 11) is 0. The van der Waals surface area contributed by atoms with Gasteiger partial charge in [-0.05, 0) is 31.0 Å². The van der Waals surface area contributed by atoms with Crippen LogP contribution in [0.2, 0.25) is 5.02 Å². The first-order chi connectivity index (χ1) is 7.24. The van der Waals surface area contributed by atoms with Gasteiger partial charge in [0.25, 0.3) is 5.56 Å². The molecule has 0 amide bonds. The average molecular weight is 221 g/mol. The van der Waals surface area contributed by atoms with E-state index in [0.717, 1.165) is 18.7 Å². The second kappa shape index (κ2) is 3.07. The van der Waals surface area contributed by atoms with Crippen molar-refractivity contribution in [1.82, 2.24) is 9.97 Å². The molecule has 0 spiro atoms. The number of fused-ring (bicyclic) bond motifs is 1. The molecule has 1 fully saturated rings. The summed E-state index contributed by atoms with van der Waals surface area (Å²) in [4.78, 5) is 18.9. The van der Waals surface area contributed by atoms with Gasteiger partial charge in [0.05, 0.1) is 10.9 Å².